The molecule has 1 atom stereocenters. The molecule has 0 spiro atoms. The number of carbonyl (C=O) groups is 2. The van der Waals surface area contributed by atoms with E-state index in [1.807, 2.05) is 31.2 Å². The first kappa shape index (κ1) is 26.2. The van der Waals surface area contributed by atoms with Gasteiger partial charge in [0.1, 0.15) is 6.04 Å². The molecule has 2 aromatic carbocycles. The van der Waals surface area contributed by atoms with Gasteiger partial charge in [0.25, 0.3) is 0 Å². The summed E-state index contributed by atoms with van der Waals surface area (Å²) in [5.74, 6) is 0.389. The largest absolute Gasteiger partial charge is 0.352 e. The van der Waals surface area contributed by atoms with E-state index in [1.54, 1.807) is 34.9 Å². The standard InChI is InChI=1S/C25H29Cl3N2O2S/c1-2-23(25(32)29-18-6-3-4-7-18)30(16-20-21(27)8-5-9-22(20)28)24(31)14-15-33-19-12-10-17(26)11-13-19/h5,8-13,18,23H,2-4,6-7,14-16H2,1H3,(H,29,32)/t23-/m0/s1. The zero-order valence-electron chi connectivity index (χ0n) is 18.7. The number of hydrogen-bond acceptors (Lipinski definition) is 3. The molecular weight excluding hydrogens is 499 g/mol. The summed E-state index contributed by atoms with van der Waals surface area (Å²) in [5, 5.41) is 4.80. The van der Waals surface area contributed by atoms with Crippen molar-refractivity contribution in [3.63, 3.8) is 0 Å². The number of amides is 2. The molecule has 33 heavy (non-hydrogen) atoms. The van der Waals surface area contributed by atoms with Crippen LogP contribution in [0.25, 0.3) is 0 Å². The molecule has 0 aliphatic heterocycles. The van der Waals surface area contributed by atoms with Crippen molar-refractivity contribution in [2.45, 2.75) is 69.0 Å². The van der Waals surface area contributed by atoms with Gasteiger partial charge in [-0.1, -0.05) is 60.6 Å². The van der Waals surface area contributed by atoms with Crippen LogP contribution < -0.4 is 5.32 Å². The van der Waals surface area contributed by atoms with E-state index < -0.39 is 6.04 Å². The second-order valence-electron chi connectivity index (χ2n) is 8.19. The predicted molar refractivity (Wildman–Crippen MR) is 138 cm³/mol. The number of thioether (sulfide) groups is 1. The summed E-state index contributed by atoms with van der Waals surface area (Å²) in [6.07, 6.45) is 5.04. The fraction of sp³-hybridized carbons (Fsp3) is 0.440. The predicted octanol–water partition coefficient (Wildman–Crippen LogP) is 7.00. The van der Waals surface area contributed by atoms with Crippen LogP contribution in [0.4, 0.5) is 0 Å². The van der Waals surface area contributed by atoms with E-state index >= 15 is 0 Å². The van der Waals surface area contributed by atoms with Crippen molar-refractivity contribution in [2.75, 3.05) is 5.75 Å². The molecule has 1 N–H and O–H groups in total. The fourth-order valence-corrected chi connectivity index (χ4v) is 5.56. The van der Waals surface area contributed by atoms with Crippen LogP contribution >= 0.6 is 46.6 Å². The highest BCUT2D eigenvalue weighted by atomic mass is 35.5. The Kier molecular flexibility index (Phi) is 10.2. The Balaban J connectivity index is 1.74. The zero-order valence-corrected chi connectivity index (χ0v) is 21.7. The average molecular weight is 528 g/mol. The van der Waals surface area contributed by atoms with Crippen LogP contribution in [0.3, 0.4) is 0 Å². The summed E-state index contributed by atoms with van der Waals surface area (Å²) >= 11 is 20.3. The molecule has 0 unspecified atom stereocenters. The number of rotatable bonds is 10. The van der Waals surface area contributed by atoms with Gasteiger partial charge in [0.15, 0.2) is 0 Å². The third kappa shape index (κ3) is 7.54. The molecule has 4 nitrogen and oxygen atoms in total. The summed E-state index contributed by atoms with van der Waals surface area (Å²) < 4.78 is 0. The van der Waals surface area contributed by atoms with E-state index in [0.717, 1.165) is 30.6 Å². The van der Waals surface area contributed by atoms with Crippen molar-refractivity contribution in [1.29, 1.82) is 0 Å². The molecule has 0 bridgehead atoms. The lowest BCUT2D eigenvalue weighted by Gasteiger charge is -2.32. The van der Waals surface area contributed by atoms with E-state index in [9.17, 15) is 9.59 Å². The van der Waals surface area contributed by atoms with Crippen molar-refractivity contribution in [3.8, 4) is 0 Å². The lowest BCUT2D eigenvalue weighted by Crippen LogP contribution is -2.51. The van der Waals surface area contributed by atoms with Crippen molar-refractivity contribution in [1.82, 2.24) is 10.2 Å². The first-order chi connectivity index (χ1) is 15.9. The number of halogens is 3. The monoisotopic (exact) mass is 526 g/mol. The van der Waals surface area contributed by atoms with Gasteiger partial charge in [0, 0.05) is 50.3 Å². The van der Waals surface area contributed by atoms with Crippen LogP contribution in [0.1, 0.15) is 51.0 Å². The summed E-state index contributed by atoms with van der Waals surface area (Å²) in [7, 11) is 0. The summed E-state index contributed by atoms with van der Waals surface area (Å²) in [5.41, 5.74) is 0.659. The third-order valence-electron chi connectivity index (χ3n) is 5.88. The van der Waals surface area contributed by atoms with Crippen LogP contribution in [0, 0.1) is 0 Å². The van der Waals surface area contributed by atoms with Crippen LogP contribution in [0.15, 0.2) is 47.4 Å². The van der Waals surface area contributed by atoms with Gasteiger partial charge >= 0.3 is 0 Å². The fourth-order valence-electron chi connectivity index (χ4n) is 4.07. The molecular formula is C25H29Cl3N2O2S. The van der Waals surface area contributed by atoms with Gasteiger partial charge in [0.05, 0.1) is 0 Å². The first-order valence-electron chi connectivity index (χ1n) is 11.3. The summed E-state index contributed by atoms with van der Waals surface area (Å²) in [4.78, 5) is 29.2. The van der Waals surface area contributed by atoms with E-state index in [1.165, 1.54) is 0 Å². The first-order valence-corrected chi connectivity index (χ1v) is 13.4. The number of benzene rings is 2. The highest BCUT2D eigenvalue weighted by Crippen LogP contribution is 2.28. The van der Waals surface area contributed by atoms with Crippen LogP contribution in [0.5, 0.6) is 0 Å². The maximum atomic E-state index is 13.4. The topological polar surface area (TPSA) is 49.4 Å². The third-order valence-corrected chi connectivity index (χ3v) is 7.85. The molecule has 8 heteroatoms. The Morgan fingerprint density at radius 1 is 1.06 bits per heavy atom. The number of nitrogens with one attached hydrogen (secondary N) is 1. The van der Waals surface area contributed by atoms with Gasteiger partial charge in [0.2, 0.25) is 11.8 Å². The Labute approximate surface area is 215 Å². The molecule has 0 aromatic heterocycles. The second-order valence-corrected chi connectivity index (χ2v) is 10.6. The minimum Gasteiger partial charge on any atom is -0.352 e. The lowest BCUT2D eigenvalue weighted by atomic mass is 10.1. The number of carbonyl (C=O) groups excluding carboxylic acids is 2. The SMILES string of the molecule is CC[C@@H](C(=O)NC1CCCC1)N(Cc1c(Cl)cccc1Cl)C(=O)CCSc1ccc(Cl)cc1. The molecule has 2 amide bonds. The maximum absolute atomic E-state index is 13.4. The zero-order chi connectivity index (χ0) is 23.8. The number of hydrogen-bond donors (Lipinski definition) is 1. The van der Waals surface area contributed by atoms with Crippen LogP contribution in [0.2, 0.25) is 15.1 Å². The molecule has 0 saturated heterocycles. The summed E-state index contributed by atoms with van der Waals surface area (Å²) in [6, 6.07) is 12.4. The molecule has 1 aliphatic rings. The Morgan fingerprint density at radius 3 is 2.30 bits per heavy atom. The van der Waals surface area contributed by atoms with Gasteiger partial charge in [-0.05, 0) is 55.7 Å². The average Bonchev–Trinajstić information content (AvgIpc) is 3.30. The molecule has 3 rings (SSSR count). The van der Waals surface area contributed by atoms with Gasteiger partial charge in [-0.25, -0.2) is 0 Å². The Bertz CT molecular complexity index is 929. The Morgan fingerprint density at radius 2 is 1.70 bits per heavy atom. The minimum absolute atomic E-state index is 0.0964. The minimum atomic E-state index is -0.578. The maximum Gasteiger partial charge on any atom is 0.243 e. The number of nitrogens with zero attached hydrogens (tertiary/aromatic N) is 1. The van der Waals surface area contributed by atoms with Gasteiger partial charge < -0.3 is 10.2 Å². The smallest absolute Gasteiger partial charge is 0.243 e. The van der Waals surface area contributed by atoms with E-state index in [4.69, 9.17) is 34.8 Å². The second kappa shape index (κ2) is 12.9. The van der Waals surface area contributed by atoms with Crippen molar-refractivity contribution < 1.29 is 9.59 Å². The van der Waals surface area contributed by atoms with Crippen LogP contribution in [-0.2, 0) is 16.1 Å². The molecule has 1 saturated carbocycles. The lowest BCUT2D eigenvalue weighted by molar-refractivity contribution is -0.141. The van der Waals surface area contributed by atoms with Crippen molar-refractivity contribution >= 4 is 58.4 Å². The molecule has 2 aromatic rings. The van der Waals surface area contributed by atoms with E-state index in [-0.39, 0.29) is 24.4 Å². The van der Waals surface area contributed by atoms with Gasteiger partial charge in [-0.3, -0.25) is 9.59 Å². The highest BCUT2D eigenvalue weighted by Gasteiger charge is 2.31. The van der Waals surface area contributed by atoms with Gasteiger partial charge in [-0.2, -0.15) is 0 Å². The van der Waals surface area contributed by atoms with Gasteiger partial charge in [-0.15, -0.1) is 11.8 Å². The van der Waals surface area contributed by atoms with E-state index in [2.05, 4.69) is 5.32 Å². The van der Waals surface area contributed by atoms with E-state index in [0.29, 0.717) is 39.2 Å². The molecule has 178 valence electrons. The normalized spacial score (nSPS) is 14.8. The van der Waals surface area contributed by atoms with Crippen molar-refractivity contribution in [3.05, 3.63) is 63.1 Å². The van der Waals surface area contributed by atoms with Crippen molar-refractivity contribution in [2.24, 2.45) is 0 Å². The summed E-state index contributed by atoms with van der Waals surface area (Å²) in [6.45, 7) is 2.12. The van der Waals surface area contributed by atoms with Crippen LogP contribution in [-0.4, -0.2) is 34.6 Å². The molecule has 1 fully saturated rings. The highest BCUT2D eigenvalue weighted by molar-refractivity contribution is 7.99. The molecule has 0 radical (unpaired) electrons. The molecule has 0 heterocycles. The quantitative estimate of drug-likeness (QED) is 0.339. The Hall–Kier alpha value is -1.40. The molecule has 1 aliphatic carbocycles.